The molecular weight excluding hydrogens is 216 g/mol. The predicted molar refractivity (Wildman–Crippen MR) is 68.6 cm³/mol. The van der Waals surface area contributed by atoms with Crippen molar-refractivity contribution in [2.24, 2.45) is 11.1 Å². The lowest BCUT2D eigenvalue weighted by Gasteiger charge is -2.55. The van der Waals surface area contributed by atoms with Crippen LogP contribution in [0.25, 0.3) is 0 Å². The fraction of sp³-hybridized carbons (Fsp3) is 0.923. The quantitative estimate of drug-likeness (QED) is 0.710. The highest BCUT2D eigenvalue weighted by Crippen LogP contribution is 2.48. The largest absolute Gasteiger partial charge is 0.381 e. The fourth-order valence-electron chi connectivity index (χ4n) is 3.01. The van der Waals surface area contributed by atoms with Crippen molar-refractivity contribution in [1.82, 2.24) is 5.32 Å². The van der Waals surface area contributed by atoms with Crippen LogP contribution >= 0.6 is 0 Å². The van der Waals surface area contributed by atoms with E-state index in [0.29, 0.717) is 13.0 Å². The molecule has 0 aromatic rings. The average molecular weight is 242 g/mol. The average Bonchev–Trinajstić information content (AvgIpc) is 2.33. The first kappa shape index (κ1) is 14.5. The standard InChI is InChI=1S/C13H26N2O2/c1-4-13(5-2)10(9-11(13)17-3)15-12(16)7-6-8-14/h10-11H,4-9,14H2,1-3H3,(H,15,16). The maximum absolute atomic E-state index is 11.7. The van der Waals surface area contributed by atoms with E-state index in [4.69, 9.17) is 10.5 Å². The summed E-state index contributed by atoms with van der Waals surface area (Å²) in [5.74, 6) is 0.126. The lowest BCUT2D eigenvalue weighted by atomic mass is 9.58. The van der Waals surface area contributed by atoms with Crippen LogP contribution in [0.15, 0.2) is 0 Å². The molecule has 1 amide bonds. The maximum Gasteiger partial charge on any atom is 0.220 e. The van der Waals surface area contributed by atoms with Crippen LogP contribution in [0.3, 0.4) is 0 Å². The Hall–Kier alpha value is -0.610. The van der Waals surface area contributed by atoms with Crippen LogP contribution in [0.2, 0.25) is 0 Å². The van der Waals surface area contributed by atoms with Gasteiger partial charge in [-0.1, -0.05) is 13.8 Å². The molecule has 17 heavy (non-hydrogen) atoms. The Labute approximate surface area is 104 Å². The third-order valence-corrected chi connectivity index (χ3v) is 4.33. The van der Waals surface area contributed by atoms with Gasteiger partial charge in [0.1, 0.15) is 0 Å². The van der Waals surface area contributed by atoms with Crippen LogP contribution in [-0.4, -0.2) is 31.7 Å². The Balaban J connectivity index is 2.52. The van der Waals surface area contributed by atoms with Crippen LogP contribution in [0.5, 0.6) is 0 Å². The van der Waals surface area contributed by atoms with Gasteiger partial charge in [-0.2, -0.15) is 0 Å². The van der Waals surface area contributed by atoms with E-state index in [1.807, 2.05) is 0 Å². The number of methoxy groups -OCH3 is 1. The maximum atomic E-state index is 11.7. The monoisotopic (exact) mass is 242 g/mol. The minimum absolute atomic E-state index is 0.126. The van der Waals surface area contributed by atoms with Crippen molar-refractivity contribution >= 4 is 5.91 Å². The van der Waals surface area contributed by atoms with E-state index < -0.39 is 0 Å². The van der Waals surface area contributed by atoms with E-state index in [-0.39, 0.29) is 23.5 Å². The van der Waals surface area contributed by atoms with E-state index in [9.17, 15) is 4.79 Å². The Morgan fingerprint density at radius 1 is 1.47 bits per heavy atom. The summed E-state index contributed by atoms with van der Waals surface area (Å²) in [6.07, 6.45) is 4.61. The van der Waals surface area contributed by atoms with E-state index in [2.05, 4.69) is 19.2 Å². The summed E-state index contributed by atoms with van der Waals surface area (Å²) in [7, 11) is 1.76. The summed E-state index contributed by atoms with van der Waals surface area (Å²) < 4.78 is 5.51. The number of carbonyl (C=O) groups is 1. The van der Waals surface area contributed by atoms with Crippen molar-refractivity contribution in [3.8, 4) is 0 Å². The topological polar surface area (TPSA) is 64.4 Å². The number of carbonyl (C=O) groups excluding carboxylic acids is 1. The molecule has 0 aliphatic heterocycles. The van der Waals surface area contributed by atoms with Crippen LogP contribution in [0, 0.1) is 5.41 Å². The lowest BCUT2D eigenvalue weighted by molar-refractivity contribution is -0.141. The first-order valence-electron chi connectivity index (χ1n) is 6.66. The zero-order valence-corrected chi connectivity index (χ0v) is 11.3. The second-order valence-electron chi connectivity index (χ2n) is 4.91. The number of hydrogen-bond donors (Lipinski definition) is 2. The van der Waals surface area contributed by atoms with Gasteiger partial charge in [-0.05, 0) is 32.2 Å². The number of nitrogens with one attached hydrogen (secondary N) is 1. The molecule has 0 saturated heterocycles. The minimum Gasteiger partial charge on any atom is -0.381 e. The second kappa shape index (κ2) is 6.36. The minimum atomic E-state index is 0.126. The van der Waals surface area contributed by atoms with E-state index in [1.165, 1.54) is 0 Å². The molecule has 1 aliphatic rings. The van der Waals surface area contributed by atoms with Crippen molar-refractivity contribution in [3.63, 3.8) is 0 Å². The summed E-state index contributed by atoms with van der Waals surface area (Å²) in [6.45, 7) is 4.92. The van der Waals surface area contributed by atoms with Gasteiger partial charge >= 0.3 is 0 Å². The Kier molecular flexibility index (Phi) is 5.40. The van der Waals surface area contributed by atoms with Crippen LogP contribution in [0.4, 0.5) is 0 Å². The molecular formula is C13H26N2O2. The first-order valence-corrected chi connectivity index (χ1v) is 6.66. The van der Waals surface area contributed by atoms with Crippen LogP contribution < -0.4 is 11.1 Å². The van der Waals surface area contributed by atoms with Gasteiger partial charge < -0.3 is 15.8 Å². The molecule has 0 aromatic heterocycles. The van der Waals surface area contributed by atoms with Crippen molar-refractivity contribution in [2.45, 2.75) is 58.1 Å². The molecule has 3 N–H and O–H groups in total. The van der Waals surface area contributed by atoms with Crippen LogP contribution in [-0.2, 0) is 9.53 Å². The van der Waals surface area contributed by atoms with Gasteiger partial charge in [0.2, 0.25) is 5.91 Å². The van der Waals surface area contributed by atoms with Gasteiger partial charge in [0, 0.05) is 25.0 Å². The summed E-state index contributed by atoms with van der Waals surface area (Å²) in [5.41, 5.74) is 5.54. The van der Waals surface area contributed by atoms with E-state index >= 15 is 0 Å². The third kappa shape index (κ3) is 2.80. The number of hydrogen-bond acceptors (Lipinski definition) is 3. The lowest BCUT2D eigenvalue weighted by Crippen LogP contribution is -2.64. The summed E-state index contributed by atoms with van der Waals surface area (Å²) >= 11 is 0. The normalized spacial score (nSPS) is 26.4. The molecule has 0 heterocycles. The van der Waals surface area contributed by atoms with E-state index in [0.717, 1.165) is 25.7 Å². The number of ether oxygens (including phenoxy) is 1. The summed E-state index contributed by atoms with van der Waals surface area (Å²) in [6, 6.07) is 0.271. The molecule has 0 spiro atoms. The van der Waals surface area contributed by atoms with Gasteiger partial charge in [-0.15, -0.1) is 0 Å². The molecule has 0 aromatic carbocycles. The Bertz CT molecular complexity index is 252. The van der Waals surface area contributed by atoms with Crippen LogP contribution in [0.1, 0.15) is 46.0 Å². The van der Waals surface area contributed by atoms with E-state index in [1.54, 1.807) is 7.11 Å². The second-order valence-corrected chi connectivity index (χ2v) is 4.91. The molecule has 1 rings (SSSR count). The van der Waals surface area contributed by atoms with Gasteiger partial charge in [0.15, 0.2) is 0 Å². The zero-order chi connectivity index (χ0) is 12.9. The van der Waals surface area contributed by atoms with Crippen molar-refractivity contribution < 1.29 is 9.53 Å². The molecule has 2 unspecified atom stereocenters. The highest BCUT2D eigenvalue weighted by Gasteiger charge is 2.53. The predicted octanol–water partition coefficient (Wildman–Crippen LogP) is 1.44. The number of amides is 1. The number of nitrogens with two attached hydrogens (primary N) is 1. The highest BCUT2D eigenvalue weighted by atomic mass is 16.5. The first-order chi connectivity index (χ1) is 8.14. The molecule has 1 aliphatic carbocycles. The third-order valence-electron chi connectivity index (χ3n) is 4.33. The van der Waals surface area contributed by atoms with Gasteiger partial charge in [-0.3, -0.25) is 4.79 Å². The Morgan fingerprint density at radius 3 is 2.59 bits per heavy atom. The van der Waals surface area contributed by atoms with Crippen molar-refractivity contribution in [3.05, 3.63) is 0 Å². The number of rotatable bonds is 7. The van der Waals surface area contributed by atoms with Gasteiger partial charge in [-0.25, -0.2) is 0 Å². The molecule has 0 bridgehead atoms. The molecule has 2 atom stereocenters. The molecule has 1 saturated carbocycles. The summed E-state index contributed by atoms with van der Waals surface area (Å²) in [5, 5.41) is 3.13. The Morgan fingerprint density at radius 2 is 2.12 bits per heavy atom. The van der Waals surface area contributed by atoms with Crippen molar-refractivity contribution in [2.75, 3.05) is 13.7 Å². The highest BCUT2D eigenvalue weighted by molar-refractivity contribution is 5.76. The molecule has 0 radical (unpaired) electrons. The fourth-order valence-corrected chi connectivity index (χ4v) is 3.01. The van der Waals surface area contributed by atoms with Gasteiger partial charge in [0.05, 0.1) is 6.10 Å². The van der Waals surface area contributed by atoms with Gasteiger partial charge in [0.25, 0.3) is 0 Å². The summed E-state index contributed by atoms with van der Waals surface area (Å²) in [4.78, 5) is 11.7. The molecule has 1 fully saturated rings. The zero-order valence-electron chi connectivity index (χ0n) is 11.3. The van der Waals surface area contributed by atoms with Crippen molar-refractivity contribution in [1.29, 1.82) is 0 Å². The smallest absolute Gasteiger partial charge is 0.220 e. The molecule has 4 heteroatoms. The molecule has 100 valence electrons. The molecule has 4 nitrogen and oxygen atoms in total. The SMILES string of the molecule is CCC1(CC)C(NC(=O)CCCN)CC1OC.